The van der Waals surface area contributed by atoms with Crippen molar-refractivity contribution in [3.05, 3.63) is 48.3 Å². The molecule has 3 rings (SSSR count). The number of hydrogen-bond acceptors (Lipinski definition) is 4. The summed E-state index contributed by atoms with van der Waals surface area (Å²) in [4.78, 5) is 4.39. The summed E-state index contributed by atoms with van der Waals surface area (Å²) in [6.07, 6.45) is 2.37. The minimum atomic E-state index is 0.0866. The largest absolute Gasteiger partial charge is 0.496 e. The van der Waals surface area contributed by atoms with Crippen molar-refractivity contribution in [1.29, 1.82) is 0 Å². The fourth-order valence-corrected chi connectivity index (χ4v) is 2.17. The first-order valence-electron chi connectivity index (χ1n) is 6.41. The van der Waals surface area contributed by atoms with E-state index in [1.165, 1.54) is 0 Å². The van der Waals surface area contributed by atoms with Gasteiger partial charge in [-0.05, 0) is 24.3 Å². The van der Waals surface area contributed by atoms with Gasteiger partial charge in [-0.1, -0.05) is 12.1 Å². The van der Waals surface area contributed by atoms with Gasteiger partial charge in [-0.2, -0.15) is 5.10 Å². The maximum absolute atomic E-state index is 8.96. The molecule has 5 nitrogen and oxygen atoms in total. The number of aromatic nitrogens is 3. The van der Waals surface area contributed by atoms with Gasteiger partial charge in [0.15, 0.2) is 5.65 Å². The van der Waals surface area contributed by atoms with Crippen LogP contribution in [0, 0.1) is 0 Å². The van der Waals surface area contributed by atoms with Crippen LogP contribution in [0.15, 0.2) is 42.6 Å². The van der Waals surface area contributed by atoms with E-state index in [1.54, 1.807) is 11.6 Å². The van der Waals surface area contributed by atoms with Gasteiger partial charge in [-0.3, -0.25) is 0 Å². The van der Waals surface area contributed by atoms with Crippen LogP contribution >= 0.6 is 0 Å². The number of imidazole rings is 1. The van der Waals surface area contributed by atoms with Crippen molar-refractivity contribution >= 4 is 5.65 Å². The van der Waals surface area contributed by atoms with E-state index in [2.05, 4.69) is 10.1 Å². The lowest BCUT2D eigenvalue weighted by molar-refractivity contribution is 0.298. The van der Waals surface area contributed by atoms with Gasteiger partial charge in [-0.25, -0.2) is 9.50 Å². The number of ether oxygens (including phenoxy) is 1. The highest BCUT2D eigenvalue weighted by Gasteiger charge is 2.08. The normalized spacial score (nSPS) is 10.9. The Bertz CT molecular complexity index is 737. The molecule has 0 saturated carbocycles. The van der Waals surface area contributed by atoms with E-state index in [1.807, 2.05) is 42.6 Å². The first-order valence-corrected chi connectivity index (χ1v) is 6.41. The Kier molecular flexibility index (Phi) is 3.35. The van der Waals surface area contributed by atoms with Crippen LogP contribution in [0.3, 0.4) is 0 Å². The highest BCUT2D eigenvalue weighted by molar-refractivity contribution is 5.67. The molecule has 5 heteroatoms. The number of hydrogen-bond donors (Lipinski definition) is 1. The van der Waals surface area contributed by atoms with Gasteiger partial charge in [0, 0.05) is 18.6 Å². The molecule has 20 heavy (non-hydrogen) atoms. The second-order valence-electron chi connectivity index (χ2n) is 4.43. The summed E-state index contributed by atoms with van der Waals surface area (Å²) in [5, 5.41) is 13.5. The van der Waals surface area contributed by atoms with Gasteiger partial charge in [0.05, 0.1) is 24.7 Å². The summed E-state index contributed by atoms with van der Waals surface area (Å²) < 4.78 is 7.09. The summed E-state index contributed by atoms with van der Waals surface area (Å²) in [6, 6.07) is 11.6. The third-order valence-electron chi connectivity index (χ3n) is 3.12. The Morgan fingerprint density at radius 2 is 2.05 bits per heavy atom. The van der Waals surface area contributed by atoms with E-state index >= 15 is 0 Å². The van der Waals surface area contributed by atoms with Gasteiger partial charge in [0.25, 0.3) is 0 Å². The van der Waals surface area contributed by atoms with Gasteiger partial charge < -0.3 is 9.84 Å². The van der Waals surface area contributed by atoms with E-state index in [-0.39, 0.29) is 6.61 Å². The third kappa shape index (κ3) is 2.23. The number of aliphatic hydroxyl groups is 1. The van der Waals surface area contributed by atoms with E-state index in [0.717, 1.165) is 28.3 Å². The molecule has 0 aliphatic carbocycles. The molecule has 3 aromatic rings. The van der Waals surface area contributed by atoms with E-state index in [4.69, 9.17) is 9.84 Å². The van der Waals surface area contributed by atoms with Crippen LogP contribution in [-0.4, -0.2) is 33.4 Å². The molecule has 2 aromatic heterocycles. The van der Waals surface area contributed by atoms with Gasteiger partial charge in [0.2, 0.25) is 0 Å². The van der Waals surface area contributed by atoms with Crippen LogP contribution in [0.2, 0.25) is 0 Å². The molecule has 102 valence electrons. The van der Waals surface area contributed by atoms with Crippen molar-refractivity contribution in [2.24, 2.45) is 0 Å². The van der Waals surface area contributed by atoms with Gasteiger partial charge in [-0.15, -0.1) is 0 Å². The molecule has 0 bridgehead atoms. The standard InChI is InChI=1S/C15H15N3O2/c1-20-14-5-3-2-4-12(14)13-6-7-15-16-11(8-9-19)10-18(15)17-13/h2-7,10,19H,8-9H2,1H3. The predicted octanol–water partition coefficient (Wildman–Crippen LogP) is 1.94. The van der Waals surface area contributed by atoms with Gasteiger partial charge >= 0.3 is 0 Å². The lowest BCUT2D eigenvalue weighted by Crippen LogP contribution is -1.95. The van der Waals surface area contributed by atoms with Gasteiger partial charge in [0.1, 0.15) is 5.75 Å². The number of aliphatic hydroxyl groups excluding tert-OH is 1. The smallest absolute Gasteiger partial charge is 0.153 e. The Labute approximate surface area is 116 Å². The molecule has 0 spiro atoms. The number of nitrogens with zero attached hydrogens (tertiary/aromatic N) is 3. The summed E-state index contributed by atoms with van der Waals surface area (Å²) in [7, 11) is 1.65. The molecule has 0 aliphatic heterocycles. The third-order valence-corrected chi connectivity index (χ3v) is 3.12. The number of methoxy groups -OCH3 is 1. The topological polar surface area (TPSA) is 59.7 Å². The Morgan fingerprint density at radius 1 is 1.20 bits per heavy atom. The number of benzene rings is 1. The molecule has 0 aliphatic rings. The Balaban J connectivity index is 2.08. The fraction of sp³-hybridized carbons (Fsp3) is 0.200. The van der Waals surface area contributed by atoms with Crippen molar-refractivity contribution in [1.82, 2.24) is 14.6 Å². The fourth-order valence-electron chi connectivity index (χ4n) is 2.17. The van der Waals surface area contributed by atoms with Crippen molar-refractivity contribution in [2.75, 3.05) is 13.7 Å². The zero-order valence-corrected chi connectivity index (χ0v) is 11.2. The average molecular weight is 269 g/mol. The minimum absolute atomic E-state index is 0.0866. The zero-order valence-electron chi connectivity index (χ0n) is 11.2. The Hall–Kier alpha value is -2.40. The average Bonchev–Trinajstić information content (AvgIpc) is 2.89. The van der Waals surface area contributed by atoms with Crippen LogP contribution in [-0.2, 0) is 6.42 Å². The molecular weight excluding hydrogens is 254 g/mol. The number of fused-ring (bicyclic) bond motifs is 1. The summed E-state index contributed by atoms with van der Waals surface area (Å²) in [5.41, 5.74) is 3.36. The molecule has 0 unspecified atom stereocenters. The zero-order chi connectivity index (χ0) is 13.9. The first kappa shape index (κ1) is 12.6. The van der Waals surface area contributed by atoms with Crippen LogP contribution in [0.1, 0.15) is 5.69 Å². The monoisotopic (exact) mass is 269 g/mol. The minimum Gasteiger partial charge on any atom is -0.496 e. The summed E-state index contributed by atoms with van der Waals surface area (Å²) in [5.74, 6) is 0.787. The van der Waals surface area contributed by atoms with Crippen molar-refractivity contribution in [2.45, 2.75) is 6.42 Å². The molecule has 1 N–H and O–H groups in total. The Morgan fingerprint density at radius 3 is 2.85 bits per heavy atom. The van der Waals surface area contributed by atoms with E-state index < -0.39 is 0 Å². The van der Waals surface area contributed by atoms with Crippen LogP contribution in [0.4, 0.5) is 0 Å². The predicted molar refractivity (Wildman–Crippen MR) is 75.8 cm³/mol. The summed E-state index contributed by atoms with van der Waals surface area (Å²) >= 11 is 0. The highest BCUT2D eigenvalue weighted by atomic mass is 16.5. The molecule has 0 saturated heterocycles. The molecule has 0 amide bonds. The second kappa shape index (κ2) is 5.30. The maximum atomic E-state index is 8.96. The lowest BCUT2D eigenvalue weighted by Gasteiger charge is -2.07. The molecule has 0 radical (unpaired) electrons. The molecular formula is C15H15N3O2. The van der Waals surface area contributed by atoms with Crippen LogP contribution < -0.4 is 4.74 Å². The quantitative estimate of drug-likeness (QED) is 0.786. The lowest BCUT2D eigenvalue weighted by atomic mass is 10.1. The van der Waals surface area contributed by atoms with E-state index in [9.17, 15) is 0 Å². The van der Waals surface area contributed by atoms with Crippen molar-refractivity contribution in [3.8, 4) is 17.0 Å². The van der Waals surface area contributed by atoms with Crippen molar-refractivity contribution in [3.63, 3.8) is 0 Å². The van der Waals surface area contributed by atoms with E-state index in [0.29, 0.717) is 6.42 Å². The first-order chi connectivity index (χ1) is 9.81. The second-order valence-corrected chi connectivity index (χ2v) is 4.43. The molecule has 1 aromatic carbocycles. The molecule has 0 atom stereocenters. The molecule has 0 fully saturated rings. The summed E-state index contributed by atoms with van der Waals surface area (Å²) in [6.45, 7) is 0.0866. The highest BCUT2D eigenvalue weighted by Crippen LogP contribution is 2.27. The van der Waals surface area contributed by atoms with Crippen LogP contribution in [0.5, 0.6) is 5.75 Å². The number of rotatable bonds is 4. The molecule has 2 heterocycles. The maximum Gasteiger partial charge on any atom is 0.153 e. The SMILES string of the molecule is COc1ccccc1-c1ccc2nc(CCO)cn2n1. The van der Waals surface area contributed by atoms with Crippen molar-refractivity contribution < 1.29 is 9.84 Å². The number of para-hydroxylation sites is 1. The van der Waals surface area contributed by atoms with Crippen LogP contribution in [0.25, 0.3) is 16.9 Å².